The normalized spacial score (nSPS) is 20.6. The average molecular weight is 253 g/mol. The number of likely N-dealkylation sites (tertiary alicyclic amines) is 1. The SMILES string of the molecule is CCNCC1CCN(C(C)c2cscn2)CC1. The van der Waals surface area contributed by atoms with Crippen LogP contribution in [0.5, 0.6) is 0 Å². The van der Waals surface area contributed by atoms with Crippen molar-refractivity contribution in [3.05, 3.63) is 16.6 Å². The fraction of sp³-hybridized carbons (Fsp3) is 0.769. The second-order valence-corrected chi connectivity index (χ2v) is 5.59. The summed E-state index contributed by atoms with van der Waals surface area (Å²) >= 11 is 1.70. The first-order chi connectivity index (χ1) is 8.31. The van der Waals surface area contributed by atoms with E-state index < -0.39 is 0 Å². The molecule has 2 rings (SSSR count). The van der Waals surface area contributed by atoms with Crippen molar-refractivity contribution in [2.24, 2.45) is 5.92 Å². The maximum absolute atomic E-state index is 4.42. The fourth-order valence-electron chi connectivity index (χ4n) is 2.51. The molecule has 1 aliphatic heterocycles. The summed E-state index contributed by atoms with van der Waals surface area (Å²) in [5.74, 6) is 0.869. The number of hydrogen-bond acceptors (Lipinski definition) is 4. The highest BCUT2D eigenvalue weighted by Gasteiger charge is 2.23. The van der Waals surface area contributed by atoms with Gasteiger partial charge in [-0.3, -0.25) is 4.90 Å². The Kier molecular flexibility index (Phi) is 4.95. The molecule has 0 bridgehead atoms. The van der Waals surface area contributed by atoms with Crippen LogP contribution in [0.1, 0.15) is 38.4 Å². The first kappa shape index (κ1) is 13.0. The van der Waals surface area contributed by atoms with Gasteiger partial charge in [0.2, 0.25) is 0 Å². The third-order valence-corrected chi connectivity index (χ3v) is 4.36. The molecule has 4 heteroatoms. The Labute approximate surface area is 108 Å². The summed E-state index contributed by atoms with van der Waals surface area (Å²) in [4.78, 5) is 6.99. The van der Waals surface area contributed by atoms with Crippen LogP contribution in [0.2, 0.25) is 0 Å². The van der Waals surface area contributed by atoms with E-state index in [0.29, 0.717) is 6.04 Å². The third-order valence-electron chi connectivity index (χ3n) is 3.76. The van der Waals surface area contributed by atoms with Crippen molar-refractivity contribution in [2.45, 2.75) is 32.7 Å². The van der Waals surface area contributed by atoms with Crippen molar-refractivity contribution >= 4 is 11.3 Å². The molecule has 1 aromatic rings. The molecule has 1 N–H and O–H groups in total. The molecule has 17 heavy (non-hydrogen) atoms. The number of piperidine rings is 1. The minimum atomic E-state index is 0.487. The van der Waals surface area contributed by atoms with Gasteiger partial charge in [-0.25, -0.2) is 4.98 Å². The quantitative estimate of drug-likeness (QED) is 0.874. The van der Waals surface area contributed by atoms with Gasteiger partial charge in [0.05, 0.1) is 17.2 Å². The van der Waals surface area contributed by atoms with Crippen molar-refractivity contribution in [3.8, 4) is 0 Å². The second-order valence-electron chi connectivity index (χ2n) is 4.88. The first-order valence-electron chi connectivity index (χ1n) is 6.64. The van der Waals surface area contributed by atoms with E-state index in [-0.39, 0.29) is 0 Å². The van der Waals surface area contributed by atoms with Crippen LogP contribution in [-0.2, 0) is 0 Å². The van der Waals surface area contributed by atoms with Crippen molar-refractivity contribution in [1.29, 1.82) is 0 Å². The van der Waals surface area contributed by atoms with Gasteiger partial charge in [0.15, 0.2) is 0 Å². The van der Waals surface area contributed by atoms with E-state index in [1.165, 1.54) is 38.2 Å². The Hall–Kier alpha value is -0.450. The van der Waals surface area contributed by atoms with Crippen LogP contribution in [0.15, 0.2) is 10.9 Å². The lowest BCUT2D eigenvalue weighted by atomic mass is 9.95. The monoisotopic (exact) mass is 253 g/mol. The number of nitrogens with one attached hydrogen (secondary N) is 1. The molecule has 2 heterocycles. The van der Waals surface area contributed by atoms with Gasteiger partial charge < -0.3 is 5.32 Å². The van der Waals surface area contributed by atoms with Gasteiger partial charge in [-0.2, -0.15) is 0 Å². The first-order valence-corrected chi connectivity index (χ1v) is 7.58. The number of hydrogen-bond donors (Lipinski definition) is 1. The summed E-state index contributed by atoms with van der Waals surface area (Å²) in [5.41, 5.74) is 3.17. The zero-order chi connectivity index (χ0) is 12.1. The minimum Gasteiger partial charge on any atom is -0.317 e. The molecule has 96 valence electrons. The Morgan fingerprint density at radius 3 is 2.88 bits per heavy atom. The lowest BCUT2D eigenvalue weighted by molar-refractivity contribution is 0.138. The van der Waals surface area contributed by atoms with Crippen LogP contribution >= 0.6 is 11.3 Å². The molecule has 0 radical (unpaired) electrons. The molecule has 1 aromatic heterocycles. The summed E-state index contributed by atoms with van der Waals surface area (Å²) in [7, 11) is 0. The van der Waals surface area contributed by atoms with Gasteiger partial charge in [-0.1, -0.05) is 6.92 Å². The highest BCUT2D eigenvalue weighted by molar-refractivity contribution is 7.07. The molecular formula is C13H23N3S. The molecule has 0 saturated carbocycles. The standard InChI is InChI=1S/C13H23N3S/c1-3-14-8-12-4-6-16(7-5-12)11(2)13-9-17-10-15-13/h9-12,14H,3-8H2,1-2H3. The molecule has 3 nitrogen and oxygen atoms in total. The zero-order valence-electron chi connectivity index (χ0n) is 10.9. The number of rotatable bonds is 5. The van der Waals surface area contributed by atoms with Crippen LogP contribution in [0.4, 0.5) is 0 Å². The maximum atomic E-state index is 4.42. The molecule has 1 aliphatic rings. The Morgan fingerprint density at radius 1 is 1.53 bits per heavy atom. The molecule has 0 aliphatic carbocycles. The van der Waals surface area contributed by atoms with Gasteiger partial charge in [0, 0.05) is 5.38 Å². The molecule has 0 spiro atoms. The van der Waals surface area contributed by atoms with E-state index in [4.69, 9.17) is 0 Å². The largest absolute Gasteiger partial charge is 0.317 e. The summed E-state index contributed by atoms with van der Waals surface area (Å²) in [6, 6.07) is 0.487. The zero-order valence-corrected chi connectivity index (χ0v) is 11.7. The van der Waals surface area contributed by atoms with Crippen LogP contribution < -0.4 is 5.32 Å². The molecule has 0 aromatic carbocycles. The van der Waals surface area contributed by atoms with E-state index in [1.807, 2.05) is 5.51 Å². The van der Waals surface area contributed by atoms with Crippen molar-refractivity contribution in [2.75, 3.05) is 26.2 Å². The molecular weight excluding hydrogens is 230 g/mol. The molecule has 1 fully saturated rings. The fourth-order valence-corrected chi connectivity index (χ4v) is 3.15. The summed E-state index contributed by atoms with van der Waals surface area (Å²) in [6.45, 7) is 9.17. The number of thiazole rings is 1. The van der Waals surface area contributed by atoms with E-state index in [2.05, 4.69) is 34.4 Å². The summed E-state index contributed by atoms with van der Waals surface area (Å²) in [6.07, 6.45) is 2.64. The smallest absolute Gasteiger partial charge is 0.0795 e. The highest BCUT2D eigenvalue weighted by atomic mass is 32.1. The Morgan fingerprint density at radius 2 is 2.29 bits per heavy atom. The minimum absolute atomic E-state index is 0.487. The third kappa shape index (κ3) is 3.50. The Bertz CT molecular complexity index is 304. The van der Waals surface area contributed by atoms with Crippen LogP contribution in [0.25, 0.3) is 0 Å². The lowest BCUT2D eigenvalue weighted by Gasteiger charge is -2.35. The van der Waals surface area contributed by atoms with Gasteiger partial charge in [-0.05, 0) is 51.9 Å². The molecule has 1 saturated heterocycles. The van der Waals surface area contributed by atoms with E-state index in [0.717, 1.165) is 12.5 Å². The average Bonchev–Trinajstić information content (AvgIpc) is 2.90. The van der Waals surface area contributed by atoms with Gasteiger partial charge in [0.25, 0.3) is 0 Å². The predicted molar refractivity (Wildman–Crippen MR) is 73.4 cm³/mol. The van der Waals surface area contributed by atoms with Crippen molar-refractivity contribution in [3.63, 3.8) is 0 Å². The van der Waals surface area contributed by atoms with E-state index in [9.17, 15) is 0 Å². The number of nitrogens with zero attached hydrogens (tertiary/aromatic N) is 2. The topological polar surface area (TPSA) is 28.2 Å². The van der Waals surface area contributed by atoms with Crippen LogP contribution in [0.3, 0.4) is 0 Å². The Balaban J connectivity index is 1.79. The lowest BCUT2D eigenvalue weighted by Crippen LogP contribution is -2.38. The summed E-state index contributed by atoms with van der Waals surface area (Å²) in [5, 5.41) is 5.64. The molecule has 1 atom stereocenters. The van der Waals surface area contributed by atoms with E-state index in [1.54, 1.807) is 11.3 Å². The van der Waals surface area contributed by atoms with E-state index >= 15 is 0 Å². The second kappa shape index (κ2) is 6.47. The summed E-state index contributed by atoms with van der Waals surface area (Å²) < 4.78 is 0. The van der Waals surface area contributed by atoms with Crippen molar-refractivity contribution in [1.82, 2.24) is 15.2 Å². The van der Waals surface area contributed by atoms with Crippen molar-refractivity contribution < 1.29 is 0 Å². The maximum Gasteiger partial charge on any atom is 0.0795 e. The van der Waals surface area contributed by atoms with Gasteiger partial charge >= 0.3 is 0 Å². The molecule has 1 unspecified atom stereocenters. The highest BCUT2D eigenvalue weighted by Crippen LogP contribution is 2.25. The van der Waals surface area contributed by atoms with Gasteiger partial charge in [0.1, 0.15) is 0 Å². The number of aromatic nitrogens is 1. The predicted octanol–water partition coefficient (Wildman–Crippen LogP) is 2.53. The molecule has 0 amide bonds. The van der Waals surface area contributed by atoms with Crippen LogP contribution in [-0.4, -0.2) is 36.1 Å². The van der Waals surface area contributed by atoms with Crippen LogP contribution in [0, 0.1) is 5.92 Å². The van der Waals surface area contributed by atoms with Gasteiger partial charge in [-0.15, -0.1) is 11.3 Å².